The maximum atomic E-state index is 12.7. The first-order valence-electron chi connectivity index (χ1n) is 8.18. The van der Waals surface area contributed by atoms with Crippen molar-refractivity contribution in [1.82, 2.24) is 9.88 Å². The second-order valence-corrected chi connectivity index (χ2v) is 5.91. The summed E-state index contributed by atoms with van der Waals surface area (Å²) in [5, 5.41) is 0. The Morgan fingerprint density at radius 2 is 2.17 bits per heavy atom. The van der Waals surface area contributed by atoms with Crippen molar-refractivity contribution in [2.24, 2.45) is 0 Å². The van der Waals surface area contributed by atoms with E-state index in [2.05, 4.69) is 11.9 Å². The number of hydrogen-bond acceptors (Lipinski definition) is 3. The molecule has 23 heavy (non-hydrogen) atoms. The maximum absolute atomic E-state index is 12.7. The molecule has 0 saturated carbocycles. The SMILES string of the molecule is CCOc1cccc(-c2cncc(C(=O)N3CCCC3C)c2)c1. The van der Waals surface area contributed by atoms with Gasteiger partial charge in [-0.2, -0.15) is 0 Å². The Morgan fingerprint density at radius 3 is 2.91 bits per heavy atom. The van der Waals surface area contributed by atoms with Gasteiger partial charge in [-0.05, 0) is 50.5 Å². The van der Waals surface area contributed by atoms with Crippen LogP contribution in [0.4, 0.5) is 0 Å². The van der Waals surface area contributed by atoms with Gasteiger partial charge in [-0.3, -0.25) is 9.78 Å². The van der Waals surface area contributed by atoms with Gasteiger partial charge in [0.2, 0.25) is 0 Å². The molecule has 0 radical (unpaired) electrons. The molecule has 1 aromatic carbocycles. The lowest BCUT2D eigenvalue weighted by atomic mass is 10.1. The van der Waals surface area contributed by atoms with E-state index in [4.69, 9.17) is 4.74 Å². The summed E-state index contributed by atoms with van der Waals surface area (Å²) in [7, 11) is 0. The second kappa shape index (κ2) is 6.82. The Bertz CT molecular complexity index is 699. The van der Waals surface area contributed by atoms with E-state index < -0.39 is 0 Å². The minimum absolute atomic E-state index is 0.0744. The van der Waals surface area contributed by atoms with Crippen molar-refractivity contribution in [3.63, 3.8) is 0 Å². The topological polar surface area (TPSA) is 42.4 Å². The lowest BCUT2D eigenvalue weighted by Crippen LogP contribution is -2.33. The summed E-state index contributed by atoms with van der Waals surface area (Å²) in [6, 6.07) is 10.1. The van der Waals surface area contributed by atoms with Gasteiger partial charge in [-0.25, -0.2) is 0 Å². The molecule has 1 unspecified atom stereocenters. The number of likely N-dealkylation sites (tertiary alicyclic amines) is 1. The highest BCUT2D eigenvalue weighted by molar-refractivity contribution is 5.95. The molecule has 1 atom stereocenters. The first-order valence-corrected chi connectivity index (χ1v) is 8.18. The monoisotopic (exact) mass is 310 g/mol. The summed E-state index contributed by atoms with van der Waals surface area (Å²) in [5.74, 6) is 0.903. The number of ether oxygens (including phenoxy) is 1. The highest BCUT2D eigenvalue weighted by Crippen LogP contribution is 2.25. The van der Waals surface area contributed by atoms with Crippen molar-refractivity contribution in [3.8, 4) is 16.9 Å². The van der Waals surface area contributed by atoms with Gasteiger partial charge in [0.25, 0.3) is 5.91 Å². The third-order valence-electron chi connectivity index (χ3n) is 4.28. The van der Waals surface area contributed by atoms with E-state index in [0.717, 1.165) is 36.3 Å². The number of aromatic nitrogens is 1. The van der Waals surface area contributed by atoms with Crippen molar-refractivity contribution in [2.45, 2.75) is 32.7 Å². The smallest absolute Gasteiger partial charge is 0.255 e. The van der Waals surface area contributed by atoms with Crippen LogP contribution in [0.1, 0.15) is 37.0 Å². The molecule has 1 aliphatic heterocycles. The van der Waals surface area contributed by atoms with Crippen molar-refractivity contribution in [3.05, 3.63) is 48.3 Å². The minimum Gasteiger partial charge on any atom is -0.494 e. The molecule has 3 rings (SSSR count). The van der Waals surface area contributed by atoms with E-state index >= 15 is 0 Å². The lowest BCUT2D eigenvalue weighted by Gasteiger charge is -2.21. The van der Waals surface area contributed by atoms with E-state index in [1.807, 2.05) is 42.2 Å². The summed E-state index contributed by atoms with van der Waals surface area (Å²) in [6.45, 7) is 5.54. The van der Waals surface area contributed by atoms with E-state index in [9.17, 15) is 4.79 Å². The molecule has 0 aliphatic carbocycles. The van der Waals surface area contributed by atoms with Crippen molar-refractivity contribution in [1.29, 1.82) is 0 Å². The van der Waals surface area contributed by atoms with Gasteiger partial charge in [-0.1, -0.05) is 12.1 Å². The number of carbonyl (C=O) groups excluding carboxylic acids is 1. The van der Waals surface area contributed by atoms with E-state index in [0.29, 0.717) is 18.2 Å². The van der Waals surface area contributed by atoms with Gasteiger partial charge in [-0.15, -0.1) is 0 Å². The lowest BCUT2D eigenvalue weighted by molar-refractivity contribution is 0.0747. The molecule has 4 heteroatoms. The Morgan fingerprint density at radius 1 is 1.30 bits per heavy atom. The number of rotatable bonds is 4. The second-order valence-electron chi connectivity index (χ2n) is 5.91. The van der Waals surface area contributed by atoms with Crippen LogP contribution in [0.3, 0.4) is 0 Å². The zero-order valence-electron chi connectivity index (χ0n) is 13.7. The molecule has 1 aliphatic rings. The van der Waals surface area contributed by atoms with Gasteiger partial charge in [0.1, 0.15) is 5.75 Å². The van der Waals surface area contributed by atoms with Crippen molar-refractivity contribution < 1.29 is 9.53 Å². The molecule has 1 saturated heterocycles. The Kier molecular flexibility index (Phi) is 4.60. The van der Waals surface area contributed by atoms with Gasteiger partial charge in [0, 0.05) is 30.5 Å². The molecule has 120 valence electrons. The summed E-state index contributed by atoms with van der Waals surface area (Å²) in [5.41, 5.74) is 2.59. The fourth-order valence-corrected chi connectivity index (χ4v) is 3.05. The quantitative estimate of drug-likeness (QED) is 0.863. The molecule has 2 heterocycles. The first kappa shape index (κ1) is 15.5. The average Bonchev–Trinajstić information content (AvgIpc) is 3.01. The number of pyridine rings is 1. The van der Waals surface area contributed by atoms with E-state index in [1.54, 1.807) is 12.4 Å². The first-order chi connectivity index (χ1) is 11.2. The van der Waals surface area contributed by atoms with Crippen LogP contribution < -0.4 is 4.74 Å². The van der Waals surface area contributed by atoms with Crippen LogP contribution in [-0.2, 0) is 0 Å². The van der Waals surface area contributed by atoms with Gasteiger partial charge >= 0.3 is 0 Å². The zero-order chi connectivity index (χ0) is 16.2. The summed E-state index contributed by atoms with van der Waals surface area (Å²) >= 11 is 0. The van der Waals surface area contributed by atoms with Gasteiger partial charge in [0.15, 0.2) is 0 Å². The van der Waals surface area contributed by atoms with Crippen LogP contribution in [0, 0.1) is 0 Å². The van der Waals surface area contributed by atoms with Crippen molar-refractivity contribution >= 4 is 5.91 Å². The van der Waals surface area contributed by atoms with Crippen LogP contribution in [0.25, 0.3) is 11.1 Å². The minimum atomic E-state index is 0.0744. The molecule has 1 amide bonds. The highest BCUT2D eigenvalue weighted by Gasteiger charge is 2.26. The van der Waals surface area contributed by atoms with Crippen LogP contribution in [0.5, 0.6) is 5.75 Å². The fourth-order valence-electron chi connectivity index (χ4n) is 3.05. The Balaban J connectivity index is 1.87. The predicted molar refractivity (Wildman–Crippen MR) is 90.6 cm³/mol. The molecule has 1 fully saturated rings. The third-order valence-corrected chi connectivity index (χ3v) is 4.28. The third kappa shape index (κ3) is 3.36. The van der Waals surface area contributed by atoms with Crippen LogP contribution in [-0.4, -0.2) is 35.0 Å². The molecule has 1 aromatic heterocycles. The number of carbonyl (C=O) groups is 1. The standard InChI is InChI=1S/C19H22N2O2/c1-3-23-18-8-4-7-15(11-18)16-10-17(13-20-12-16)19(22)21-9-5-6-14(21)2/h4,7-8,10-14H,3,5-6,9H2,1-2H3. The van der Waals surface area contributed by atoms with E-state index in [-0.39, 0.29) is 5.91 Å². The number of amides is 1. The Hall–Kier alpha value is -2.36. The molecule has 0 spiro atoms. The molecule has 4 nitrogen and oxygen atoms in total. The largest absolute Gasteiger partial charge is 0.494 e. The number of hydrogen-bond donors (Lipinski definition) is 0. The zero-order valence-corrected chi connectivity index (χ0v) is 13.7. The van der Waals surface area contributed by atoms with E-state index in [1.165, 1.54) is 0 Å². The molecular weight excluding hydrogens is 288 g/mol. The molecule has 2 aromatic rings. The van der Waals surface area contributed by atoms with Crippen LogP contribution in [0.2, 0.25) is 0 Å². The molecule has 0 bridgehead atoms. The predicted octanol–water partition coefficient (Wildman–Crippen LogP) is 3.77. The summed E-state index contributed by atoms with van der Waals surface area (Å²) in [6.07, 6.45) is 5.60. The van der Waals surface area contributed by atoms with Gasteiger partial charge in [0.05, 0.1) is 12.2 Å². The average molecular weight is 310 g/mol. The maximum Gasteiger partial charge on any atom is 0.255 e. The Labute approximate surface area is 137 Å². The number of benzene rings is 1. The molecular formula is C19H22N2O2. The van der Waals surface area contributed by atoms with Crippen molar-refractivity contribution in [2.75, 3.05) is 13.2 Å². The highest BCUT2D eigenvalue weighted by atomic mass is 16.5. The fraction of sp³-hybridized carbons (Fsp3) is 0.368. The van der Waals surface area contributed by atoms with Gasteiger partial charge < -0.3 is 9.64 Å². The van der Waals surface area contributed by atoms with Crippen LogP contribution in [0.15, 0.2) is 42.7 Å². The molecule has 0 N–H and O–H groups in total. The summed E-state index contributed by atoms with van der Waals surface area (Å²) in [4.78, 5) is 18.9. The van der Waals surface area contributed by atoms with Crippen LogP contribution >= 0.6 is 0 Å². The number of nitrogens with zero attached hydrogens (tertiary/aromatic N) is 2. The normalized spacial score (nSPS) is 17.3. The summed E-state index contributed by atoms with van der Waals surface area (Å²) < 4.78 is 5.55.